The number of nitrogens with zero attached hydrogens (tertiary/aromatic N) is 2. The molecule has 0 bridgehead atoms. The molecule has 0 aliphatic carbocycles. The van der Waals surface area contributed by atoms with Crippen molar-refractivity contribution in [2.24, 2.45) is 5.92 Å². The summed E-state index contributed by atoms with van der Waals surface area (Å²) in [5.74, 6) is 0.361. The van der Waals surface area contributed by atoms with Crippen molar-refractivity contribution in [3.8, 4) is 0 Å². The van der Waals surface area contributed by atoms with Crippen molar-refractivity contribution in [1.82, 2.24) is 14.9 Å². The average molecular weight is 439 g/mol. The van der Waals surface area contributed by atoms with Gasteiger partial charge >= 0.3 is 0 Å². The molecule has 0 aliphatic heterocycles. The molecule has 2 N–H and O–H groups in total. The summed E-state index contributed by atoms with van der Waals surface area (Å²) in [6, 6.07) is 13.8. The maximum Gasteiger partial charge on any atom is 0.243 e. The number of benzene rings is 2. The van der Waals surface area contributed by atoms with E-state index in [1.165, 1.54) is 11.8 Å². The summed E-state index contributed by atoms with van der Waals surface area (Å²) in [6.45, 7) is 9.16. The van der Waals surface area contributed by atoms with Crippen molar-refractivity contribution in [3.63, 3.8) is 0 Å². The van der Waals surface area contributed by atoms with Gasteiger partial charge in [-0.15, -0.1) is 0 Å². The Balaban J connectivity index is 1.55. The summed E-state index contributed by atoms with van der Waals surface area (Å²) in [5, 5.41) is 6.39. The number of hydrogen-bond acceptors (Lipinski definition) is 4. The molecule has 2 aromatic carbocycles. The van der Waals surface area contributed by atoms with Crippen molar-refractivity contribution in [2.45, 2.75) is 45.8 Å². The highest BCUT2D eigenvalue weighted by Gasteiger charge is 2.14. The van der Waals surface area contributed by atoms with Crippen LogP contribution in [0.3, 0.4) is 0 Å². The number of para-hydroxylation sites is 2. The summed E-state index contributed by atoms with van der Waals surface area (Å²) in [6.07, 6.45) is 1.04. The molecule has 3 rings (SSSR count). The molecule has 6 nitrogen and oxygen atoms in total. The highest BCUT2D eigenvalue weighted by Crippen LogP contribution is 2.25. The van der Waals surface area contributed by atoms with E-state index >= 15 is 0 Å². The van der Waals surface area contributed by atoms with Gasteiger partial charge in [0.2, 0.25) is 11.8 Å². The first-order valence-electron chi connectivity index (χ1n) is 10.6. The van der Waals surface area contributed by atoms with Gasteiger partial charge in [-0.1, -0.05) is 49.9 Å². The number of fused-ring (bicyclic) bond motifs is 1. The minimum Gasteiger partial charge on any atom is -0.346 e. The molecule has 1 aromatic heterocycles. The van der Waals surface area contributed by atoms with E-state index in [1.807, 2.05) is 50.2 Å². The van der Waals surface area contributed by atoms with E-state index in [1.54, 1.807) is 0 Å². The van der Waals surface area contributed by atoms with E-state index in [2.05, 4.69) is 35.1 Å². The summed E-state index contributed by atoms with van der Waals surface area (Å²) in [5.41, 5.74) is 4.92. The topological polar surface area (TPSA) is 76.0 Å². The van der Waals surface area contributed by atoms with E-state index < -0.39 is 0 Å². The zero-order chi connectivity index (χ0) is 22.4. The average Bonchev–Trinajstić information content (AvgIpc) is 3.10. The van der Waals surface area contributed by atoms with E-state index in [9.17, 15) is 9.59 Å². The first kappa shape index (κ1) is 22.9. The molecule has 31 heavy (non-hydrogen) atoms. The van der Waals surface area contributed by atoms with Crippen LogP contribution in [0.15, 0.2) is 47.6 Å². The monoisotopic (exact) mass is 438 g/mol. The third-order valence-electron chi connectivity index (χ3n) is 5.21. The zero-order valence-corrected chi connectivity index (χ0v) is 19.4. The van der Waals surface area contributed by atoms with Crippen LogP contribution in [0.2, 0.25) is 0 Å². The van der Waals surface area contributed by atoms with Crippen molar-refractivity contribution in [1.29, 1.82) is 0 Å². The second kappa shape index (κ2) is 10.5. The number of carbonyl (C=O) groups excluding carboxylic acids is 2. The number of imidazole rings is 1. The van der Waals surface area contributed by atoms with E-state index in [4.69, 9.17) is 4.98 Å². The fraction of sp³-hybridized carbons (Fsp3) is 0.375. The Morgan fingerprint density at radius 2 is 1.84 bits per heavy atom. The number of nitrogens with one attached hydrogen (secondary N) is 2. The van der Waals surface area contributed by atoms with Gasteiger partial charge in [0.05, 0.1) is 23.3 Å². The molecule has 0 atom stereocenters. The summed E-state index contributed by atoms with van der Waals surface area (Å²) >= 11 is 1.40. The van der Waals surface area contributed by atoms with E-state index in [0.717, 1.165) is 46.0 Å². The van der Waals surface area contributed by atoms with Gasteiger partial charge in [0, 0.05) is 12.2 Å². The predicted octanol–water partition coefficient (Wildman–Crippen LogP) is 4.55. The number of carbonyl (C=O) groups is 2. The lowest BCUT2D eigenvalue weighted by Crippen LogP contribution is -2.34. The minimum absolute atomic E-state index is 0.0590. The van der Waals surface area contributed by atoms with Crippen LogP contribution in [0.5, 0.6) is 0 Å². The normalized spacial score (nSPS) is 11.1. The molecular formula is C24H30N4O2S. The van der Waals surface area contributed by atoms with Crippen LogP contribution >= 0.6 is 11.8 Å². The van der Waals surface area contributed by atoms with Crippen molar-refractivity contribution < 1.29 is 9.59 Å². The van der Waals surface area contributed by atoms with Crippen LogP contribution in [0.4, 0.5) is 5.69 Å². The predicted molar refractivity (Wildman–Crippen MR) is 127 cm³/mol. The maximum absolute atomic E-state index is 12.3. The quantitative estimate of drug-likeness (QED) is 0.481. The van der Waals surface area contributed by atoms with Crippen LogP contribution in [0.1, 0.15) is 31.4 Å². The van der Waals surface area contributed by atoms with Crippen LogP contribution in [0.25, 0.3) is 11.0 Å². The number of hydrogen-bond donors (Lipinski definition) is 2. The Hall–Kier alpha value is -2.80. The number of anilines is 1. The first-order valence-corrected chi connectivity index (χ1v) is 11.5. The van der Waals surface area contributed by atoms with Crippen molar-refractivity contribution >= 4 is 40.3 Å². The smallest absolute Gasteiger partial charge is 0.243 e. The summed E-state index contributed by atoms with van der Waals surface area (Å²) in [7, 11) is 0. The molecule has 0 fully saturated rings. The standard InChI is InChI=1S/C24H30N4O2S/c1-16(2)12-13-28-21-11-6-5-9-20(21)27-24(28)31-15-23(30)25-14-22(29)26-19-10-7-8-17(3)18(19)4/h5-11,16H,12-15H2,1-4H3,(H,25,30)(H,26,29). The summed E-state index contributed by atoms with van der Waals surface area (Å²) < 4.78 is 2.18. The Bertz CT molecular complexity index is 1070. The van der Waals surface area contributed by atoms with Crippen LogP contribution in [-0.4, -0.2) is 33.7 Å². The second-order valence-electron chi connectivity index (χ2n) is 8.08. The molecule has 0 saturated heterocycles. The van der Waals surface area contributed by atoms with Gasteiger partial charge in [-0.25, -0.2) is 4.98 Å². The molecule has 0 unspecified atom stereocenters. The number of amides is 2. The van der Waals surface area contributed by atoms with Gasteiger partial charge in [0.15, 0.2) is 5.16 Å². The third kappa shape index (κ3) is 6.10. The molecule has 0 saturated carbocycles. The first-order chi connectivity index (χ1) is 14.8. The van der Waals surface area contributed by atoms with Crippen LogP contribution in [-0.2, 0) is 16.1 Å². The Morgan fingerprint density at radius 1 is 1.06 bits per heavy atom. The molecule has 7 heteroatoms. The number of thioether (sulfide) groups is 1. The van der Waals surface area contributed by atoms with Crippen molar-refractivity contribution in [3.05, 3.63) is 53.6 Å². The van der Waals surface area contributed by atoms with Gasteiger partial charge in [0.25, 0.3) is 0 Å². The minimum atomic E-state index is -0.240. The Morgan fingerprint density at radius 3 is 2.61 bits per heavy atom. The van der Waals surface area contributed by atoms with Gasteiger partial charge < -0.3 is 15.2 Å². The number of aromatic nitrogens is 2. The lowest BCUT2D eigenvalue weighted by molar-refractivity contribution is -0.122. The SMILES string of the molecule is Cc1cccc(NC(=O)CNC(=O)CSc2nc3ccccc3n2CCC(C)C)c1C. The molecule has 164 valence electrons. The molecule has 2 amide bonds. The van der Waals surface area contributed by atoms with Gasteiger partial charge in [0.1, 0.15) is 0 Å². The fourth-order valence-electron chi connectivity index (χ4n) is 3.21. The molecule has 0 spiro atoms. The fourth-order valence-corrected chi connectivity index (χ4v) is 4.08. The number of aryl methyl sites for hydroxylation is 2. The van der Waals surface area contributed by atoms with Gasteiger partial charge in [-0.3, -0.25) is 9.59 Å². The third-order valence-corrected chi connectivity index (χ3v) is 6.18. The second-order valence-corrected chi connectivity index (χ2v) is 9.02. The molecule has 0 aliphatic rings. The van der Waals surface area contributed by atoms with Crippen molar-refractivity contribution in [2.75, 3.05) is 17.6 Å². The summed E-state index contributed by atoms with van der Waals surface area (Å²) in [4.78, 5) is 29.3. The lowest BCUT2D eigenvalue weighted by Gasteiger charge is -2.12. The molecule has 1 heterocycles. The van der Waals surface area contributed by atoms with Gasteiger partial charge in [-0.2, -0.15) is 0 Å². The highest BCUT2D eigenvalue weighted by atomic mass is 32.2. The van der Waals surface area contributed by atoms with Crippen LogP contribution in [0, 0.1) is 19.8 Å². The highest BCUT2D eigenvalue weighted by molar-refractivity contribution is 7.99. The molecular weight excluding hydrogens is 408 g/mol. The molecule has 3 aromatic rings. The van der Waals surface area contributed by atoms with E-state index in [-0.39, 0.29) is 24.1 Å². The zero-order valence-electron chi connectivity index (χ0n) is 18.6. The van der Waals surface area contributed by atoms with Crippen LogP contribution < -0.4 is 10.6 Å². The Kier molecular flexibility index (Phi) is 7.74. The maximum atomic E-state index is 12.3. The van der Waals surface area contributed by atoms with Gasteiger partial charge in [-0.05, 0) is 55.5 Å². The molecule has 0 radical (unpaired) electrons. The lowest BCUT2D eigenvalue weighted by atomic mass is 10.1. The Labute approximate surface area is 187 Å². The largest absolute Gasteiger partial charge is 0.346 e. The number of rotatable bonds is 9. The van der Waals surface area contributed by atoms with E-state index in [0.29, 0.717) is 5.92 Å².